The summed E-state index contributed by atoms with van der Waals surface area (Å²) in [4.78, 5) is 11.1. The number of hydrogen-bond acceptors (Lipinski definition) is 2. The largest absolute Gasteiger partial charge is 0.480 e. The number of aliphatic carboxylic acids is 1. The summed E-state index contributed by atoms with van der Waals surface area (Å²) in [6.45, 7) is 1.91. The molecule has 2 unspecified atom stereocenters. The van der Waals surface area contributed by atoms with Gasteiger partial charge in [-0.15, -0.1) is 0 Å². The molecular formula is C13H14F3NO2. The average molecular weight is 273 g/mol. The third-order valence-corrected chi connectivity index (χ3v) is 3.55. The molecule has 1 aliphatic rings. The first-order valence-electron chi connectivity index (χ1n) is 5.88. The van der Waals surface area contributed by atoms with Gasteiger partial charge in [0.2, 0.25) is 0 Å². The summed E-state index contributed by atoms with van der Waals surface area (Å²) >= 11 is 0. The molecular weight excluding hydrogens is 259 g/mol. The Balaban J connectivity index is 2.23. The number of carboxylic acid groups (broad SMARTS) is 1. The Bertz CT molecular complexity index is 501. The first-order valence-corrected chi connectivity index (χ1v) is 5.88. The van der Waals surface area contributed by atoms with E-state index in [-0.39, 0.29) is 12.3 Å². The second-order valence-corrected chi connectivity index (χ2v) is 5.04. The third-order valence-electron chi connectivity index (χ3n) is 3.55. The molecule has 1 aromatic rings. The van der Waals surface area contributed by atoms with Crippen LogP contribution in [0.1, 0.15) is 30.4 Å². The Morgan fingerprint density at radius 2 is 2.16 bits per heavy atom. The predicted octanol–water partition coefficient (Wildman–Crippen LogP) is 2.63. The molecule has 6 heteroatoms. The smallest absolute Gasteiger partial charge is 0.416 e. The number of hydrogen-bond donors (Lipinski definition) is 2. The van der Waals surface area contributed by atoms with Crippen LogP contribution in [0.15, 0.2) is 24.3 Å². The van der Waals surface area contributed by atoms with E-state index < -0.39 is 23.2 Å². The fraction of sp³-hybridized carbons (Fsp3) is 0.462. The number of nitrogens with one attached hydrogen (secondary N) is 1. The van der Waals surface area contributed by atoms with E-state index >= 15 is 0 Å². The summed E-state index contributed by atoms with van der Waals surface area (Å²) in [5, 5.41) is 11.9. The van der Waals surface area contributed by atoms with Crippen molar-refractivity contribution in [3.05, 3.63) is 35.4 Å². The molecule has 0 aliphatic carbocycles. The van der Waals surface area contributed by atoms with Gasteiger partial charge in [-0.1, -0.05) is 18.2 Å². The van der Waals surface area contributed by atoms with E-state index in [0.29, 0.717) is 12.1 Å². The minimum absolute atomic E-state index is 0.219. The highest BCUT2D eigenvalue weighted by Crippen LogP contribution is 2.35. The van der Waals surface area contributed by atoms with E-state index in [0.717, 1.165) is 12.1 Å². The second-order valence-electron chi connectivity index (χ2n) is 5.04. The van der Waals surface area contributed by atoms with E-state index in [4.69, 9.17) is 5.11 Å². The molecule has 1 aromatic carbocycles. The Morgan fingerprint density at radius 1 is 1.47 bits per heavy atom. The summed E-state index contributed by atoms with van der Waals surface area (Å²) in [6, 6.07) is 5.08. The lowest BCUT2D eigenvalue weighted by molar-refractivity contribution is -0.143. The van der Waals surface area contributed by atoms with Crippen LogP contribution in [-0.2, 0) is 11.0 Å². The Hall–Kier alpha value is -1.56. The van der Waals surface area contributed by atoms with Crippen molar-refractivity contribution >= 4 is 5.97 Å². The second kappa shape index (κ2) is 4.52. The highest BCUT2D eigenvalue weighted by Gasteiger charge is 2.42. The molecule has 0 bridgehead atoms. The molecule has 0 saturated carbocycles. The lowest BCUT2D eigenvalue weighted by atomic mass is 9.89. The minimum atomic E-state index is -4.38. The quantitative estimate of drug-likeness (QED) is 0.871. The van der Waals surface area contributed by atoms with Crippen LogP contribution in [0.2, 0.25) is 0 Å². The summed E-state index contributed by atoms with van der Waals surface area (Å²) in [5.41, 5.74) is -1.25. The molecule has 1 heterocycles. The van der Waals surface area contributed by atoms with Gasteiger partial charge in [0.1, 0.15) is 5.54 Å². The SMILES string of the molecule is CC1(C(=O)O)CC(c2cccc(C(F)(F)F)c2)CN1. The van der Waals surface area contributed by atoms with E-state index in [1.165, 1.54) is 6.07 Å². The van der Waals surface area contributed by atoms with Crippen LogP contribution in [0.4, 0.5) is 13.2 Å². The normalized spacial score (nSPS) is 27.5. The maximum Gasteiger partial charge on any atom is 0.416 e. The summed E-state index contributed by atoms with van der Waals surface area (Å²) in [5.74, 6) is -1.20. The van der Waals surface area contributed by atoms with Gasteiger partial charge in [-0.05, 0) is 30.9 Å². The minimum Gasteiger partial charge on any atom is -0.480 e. The molecule has 104 valence electrons. The first kappa shape index (κ1) is 13.9. The fourth-order valence-corrected chi connectivity index (χ4v) is 2.35. The number of benzene rings is 1. The van der Waals surface area contributed by atoms with Crippen molar-refractivity contribution in [2.75, 3.05) is 6.54 Å². The zero-order valence-corrected chi connectivity index (χ0v) is 10.3. The van der Waals surface area contributed by atoms with E-state index in [2.05, 4.69) is 5.32 Å². The van der Waals surface area contributed by atoms with E-state index in [1.807, 2.05) is 0 Å². The van der Waals surface area contributed by atoms with Gasteiger partial charge in [0, 0.05) is 6.54 Å². The van der Waals surface area contributed by atoms with Crippen LogP contribution < -0.4 is 5.32 Å². The number of alkyl halides is 3. The number of carbonyl (C=O) groups is 1. The van der Waals surface area contributed by atoms with Gasteiger partial charge in [0.05, 0.1) is 5.56 Å². The van der Waals surface area contributed by atoms with Crippen LogP contribution in [0, 0.1) is 0 Å². The third kappa shape index (κ3) is 2.73. The maximum atomic E-state index is 12.6. The molecule has 0 aromatic heterocycles. The molecule has 1 saturated heterocycles. The predicted molar refractivity (Wildman–Crippen MR) is 62.8 cm³/mol. The highest BCUT2D eigenvalue weighted by molar-refractivity contribution is 5.79. The Labute approximate surface area is 108 Å². The zero-order valence-electron chi connectivity index (χ0n) is 10.3. The van der Waals surface area contributed by atoms with Gasteiger partial charge in [-0.2, -0.15) is 13.2 Å². The lowest BCUT2D eigenvalue weighted by Crippen LogP contribution is -2.44. The van der Waals surface area contributed by atoms with Crippen molar-refractivity contribution in [2.45, 2.75) is 31.0 Å². The van der Waals surface area contributed by atoms with Gasteiger partial charge >= 0.3 is 12.1 Å². The molecule has 1 fully saturated rings. The maximum absolute atomic E-state index is 12.6. The molecule has 19 heavy (non-hydrogen) atoms. The topological polar surface area (TPSA) is 49.3 Å². The van der Waals surface area contributed by atoms with Gasteiger partial charge in [0.15, 0.2) is 0 Å². The molecule has 0 amide bonds. The Kier molecular flexibility index (Phi) is 3.30. The number of rotatable bonds is 2. The van der Waals surface area contributed by atoms with Gasteiger partial charge in [0.25, 0.3) is 0 Å². The standard InChI is InChI=1S/C13H14F3NO2/c1-12(11(18)19)6-9(7-17-12)8-3-2-4-10(5-8)13(14,15)16/h2-5,9,17H,6-7H2,1H3,(H,18,19). The van der Waals surface area contributed by atoms with Crippen molar-refractivity contribution in [1.82, 2.24) is 5.32 Å². The van der Waals surface area contributed by atoms with Gasteiger partial charge in [-0.25, -0.2) is 0 Å². The average Bonchev–Trinajstić information content (AvgIpc) is 2.73. The molecule has 2 N–H and O–H groups in total. The molecule has 1 aliphatic heterocycles. The van der Waals surface area contributed by atoms with Crippen molar-refractivity contribution < 1.29 is 23.1 Å². The molecule has 0 radical (unpaired) electrons. The van der Waals surface area contributed by atoms with Crippen molar-refractivity contribution in [3.63, 3.8) is 0 Å². The van der Waals surface area contributed by atoms with Crippen LogP contribution in [0.3, 0.4) is 0 Å². The molecule has 2 atom stereocenters. The van der Waals surface area contributed by atoms with Crippen molar-refractivity contribution in [3.8, 4) is 0 Å². The summed E-state index contributed by atoms with van der Waals surface area (Å²) in [6.07, 6.45) is -4.10. The number of halogens is 3. The van der Waals surface area contributed by atoms with Gasteiger partial charge < -0.3 is 10.4 Å². The highest BCUT2D eigenvalue weighted by atomic mass is 19.4. The van der Waals surface area contributed by atoms with E-state index in [9.17, 15) is 18.0 Å². The molecule has 3 nitrogen and oxygen atoms in total. The monoisotopic (exact) mass is 273 g/mol. The Morgan fingerprint density at radius 3 is 2.68 bits per heavy atom. The van der Waals surface area contributed by atoms with Crippen LogP contribution >= 0.6 is 0 Å². The lowest BCUT2D eigenvalue weighted by Gasteiger charge is -2.18. The van der Waals surface area contributed by atoms with Crippen molar-refractivity contribution in [2.24, 2.45) is 0 Å². The fourth-order valence-electron chi connectivity index (χ4n) is 2.35. The first-order chi connectivity index (χ1) is 8.72. The molecule has 2 rings (SSSR count). The zero-order chi connectivity index (χ0) is 14.3. The summed E-state index contributed by atoms with van der Waals surface area (Å²) < 4.78 is 37.9. The van der Waals surface area contributed by atoms with Gasteiger partial charge in [-0.3, -0.25) is 4.79 Å². The van der Waals surface area contributed by atoms with Crippen LogP contribution in [0.25, 0.3) is 0 Å². The van der Waals surface area contributed by atoms with Crippen LogP contribution in [-0.4, -0.2) is 23.2 Å². The summed E-state index contributed by atoms with van der Waals surface area (Å²) in [7, 11) is 0. The number of carboxylic acids is 1. The molecule has 0 spiro atoms. The van der Waals surface area contributed by atoms with Crippen molar-refractivity contribution in [1.29, 1.82) is 0 Å². The van der Waals surface area contributed by atoms with E-state index in [1.54, 1.807) is 13.0 Å². The van der Waals surface area contributed by atoms with Crippen LogP contribution in [0.5, 0.6) is 0 Å².